The Morgan fingerprint density at radius 2 is 2.29 bits per heavy atom. The second-order valence-electron chi connectivity index (χ2n) is 5.03. The van der Waals surface area contributed by atoms with E-state index >= 15 is 0 Å². The SMILES string of the molecule is N/C(=N/O)c1cccc(CNCC2CCCS2(=O)=O)c1F. The van der Waals surface area contributed by atoms with Gasteiger partial charge in [-0.2, -0.15) is 0 Å². The number of halogens is 1. The van der Waals surface area contributed by atoms with E-state index < -0.39 is 20.9 Å². The minimum Gasteiger partial charge on any atom is -0.409 e. The monoisotopic (exact) mass is 315 g/mol. The molecule has 1 aromatic carbocycles. The van der Waals surface area contributed by atoms with Gasteiger partial charge in [-0.25, -0.2) is 12.8 Å². The third-order valence-electron chi connectivity index (χ3n) is 3.61. The van der Waals surface area contributed by atoms with Crippen LogP contribution in [0.15, 0.2) is 23.4 Å². The zero-order valence-electron chi connectivity index (χ0n) is 11.4. The lowest BCUT2D eigenvalue weighted by molar-refractivity contribution is 0.318. The van der Waals surface area contributed by atoms with Gasteiger partial charge in [0.2, 0.25) is 0 Å². The van der Waals surface area contributed by atoms with E-state index in [1.165, 1.54) is 6.07 Å². The number of oxime groups is 1. The summed E-state index contributed by atoms with van der Waals surface area (Å²) in [5.74, 6) is -0.644. The number of hydrogen-bond acceptors (Lipinski definition) is 5. The Labute approximate surface area is 122 Å². The number of hydrogen-bond donors (Lipinski definition) is 3. The molecule has 1 saturated heterocycles. The second kappa shape index (κ2) is 6.40. The maximum absolute atomic E-state index is 14.1. The van der Waals surface area contributed by atoms with Crippen molar-refractivity contribution in [3.63, 3.8) is 0 Å². The summed E-state index contributed by atoms with van der Waals surface area (Å²) in [5.41, 5.74) is 5.75. The third kappa shape index (κ3) is 3.51. The zero-order chi connectivity index (χ0) is 15.5. The van der Waals surface area contributed by atoms with Crippen molar-refractivity contribution in [2.45, 2.75) is 24.6 Å². The molecule has 21 heavy (non-hydrogen) atoms. The number of nitrogens with one attached hydrogen (secondary N) is 1. The molecule has 0 aliphatic carbocycles. The first kappa shape index (κ1) is 15.7. The summed E-state index contributed by atoms with van der Waals surface area (Å²) in [7, 11) is -3.01. The van der Waals surface area contributed by atoms with Gasteiger partial charge in [-0.1, -0.05) is 17.3 Å². The molecule has 0 amide bonds. The molecule has 1 unspecified atom stereocenters. The van der Waals surface area contributed by atoms with Gasteiger partial charge < -0.3 is 16.3 Å². The summed E-state index contributed by atoms with van der Waals surface area (Å²) < 4.78 is 37.5. The van der Waals surface area contributed by atoms with Crippen LogP contribution < -0.4 is 11.1 Å². The van der Waals surface area contributed by atoms with Gasteiger partial charge in [0.25, 0.3) is 0 Å². The molecule has 1 atom stereocenters. The molecule has 0 bridgehead atoms. The van der Waals surface area contributed by atoms with Gasteiger partial charge >= 0.3 is 0 Å². The molecule has 0 saturated carbocycles. The molecular weight excluding hydrogens is 297 g/mol. The summed E-state index contributed by atoms with van der Waals surface area (Å²) in [4.78, 5) is 0. The summed E-state index contributed by atoms with van der Waals surface area (Å²) in [6, 6.07) is 4.58. The molecule has 1 aliphatic heterocycles. The number of amidine groups is 1. The lowest BCUT2D eigenvalue weighted by Crippen LogP contribution is -2.30. The van der Waals surface area contributed by atoms with Crippen molar-refractivity contribution in [1.82, 2.24) is 5.32 Å². The Balaban J connectivity index is 2.01. The summed E-state index contributed by atoms with van der Waals surface area (Å²) in [6.07, 6.45) is 1.32. The average molecular weight is 315 g/mol. The van der Waals surface area contributed by atoms with Crippen LogP contribution in [0.5, 0.6) is 0 Å². The highest BCUT2D eigenvalue weighted by Crippen LogP contribution is 2.19. The van der Waals surface area contributed by atoms with E-state index in [1.54, 1.807) is 12.1 Å². The maximum Gasteiger partial charge on any atom is 0.173 e. The molecule has 8 heteroatoms. The molecule has 0 spiro atoms. The van der Waals surface area contributed by atoms with Gasteiger partial charge in [-0.15, -0.1) is 0 Å². The first-order valence-corrected chi connectivity index (χ1v) is 8.35. The molecule has 2 rings (SSSR count). The van der Waals surface area contributed by atoms with E-state index in [9.17, 15) is 12.8 Å². The van der Waals surface area contributed by atoms with Crippen LogP contribution in [-0.4, -0.2) is 37.0 Å². The minimum absolute atomic E-state index is 0.0188. The summed E-state index contributed by atoms with van der Waals surface area (Å²) in [5, 5.41) is 13.9. The van der Waals surface area contributed by atoms with Gasteiger partial charge in [0.05, 0.1) is 16.6 Å². The summed E-state index contributed by atoms with van der Waals surface area (Å²) >= 11 is 0. The molecule has 0 radical (unpaired) electrons. The highest BCUT2D eigenvalue weighted by molar-refractivity contribution is 7.92. The van der Waals surface area contributed by atoms with Crippen LogP contribution in [0.4, 0.5) is 4.39 Å². The normalized spacial score (nSPS) is 21.6. The van der Waals surface area contributed by atoms with Crippen LogP contribution >= 0.6 is 0 Å². The fourth-order valence-corrected chi connectivity index (χ4v) is 4.22. The van der Waals surface area contributed by atoms with E-state index in [0.29, 0.717) is 24.9 Å². The topological polar surface area (TPSA) is 105 Å². The molecule has 1 aromatic rings. The predicted octanol–water partition coefficient (Wildman–Crippen LogP) is 0.587. The maximum atomic E-state index is 14.1. The van der Waals surface area contributed by atoms with E-state index in [4.69, 9.17) is 10.9 Å². The standard InChI is InChI=1S/C13H18FN3O3S/c14-12-9(3-1-5-11(12)13(15)17-18)7-16-8-10-4-2-6-21(10,19)20/h1,3,5,10,16,18H,2,4,6-8H2,(H2,15,17). The van der Waals surface area contributed by atoms with Crippen molar-refractivity contribution < 1.29 is 18.0 Å². The van der Waals surface area contributed by atoms with Crippen molar-refractivity contribution >= 4 is 15.7 Å². The highest BCUT2D eigenvalue weighted by Gasteiger charge is 2.30. The van der Waals surface area contributed by atoms with Crippen LogP contribution in [0.1, 0.15) is 24.0 Å². The van der Waals surface area contributed by atoms with Gasteiger partial charge in [0.1, 0.15) is 5.82 Å². The highest BCUT2D eigenvalue weighted by atomic mass is 32.2. The fourth-order valence-electron chi connectivity index (χ4n) is 2.42. The second-order valence-corrected chi connectivity index (χ2v) is 7.43. The predicted molar refractivity (Wildman–Crippen MR) is 77.4 cm³/mol. The number of rotatable bonds is 5. The van der Waals surface area contributed by atoms with Crippen molar-refractivity contribution in [2.24, 2.45) is 10.9 Å². The number of nitrogens with zero attached hydrogens (tertiary/aromatic N) is 1. The Kier molecular flexibility index (Phi) is 4.79. The fraction of sp³-hybridized carbons (Fsp3) is 0.462. The smallest absolute Gasteiger partial charge is 0.173 e. The summed E-state index contributed by atoms with van der Waals surface area (Å²) in [6.45, 7) is 0.486. The zero-order valence-corrected chi connectivity index (χ0v) is 12.2. The van der Waals surface area contributed by atoms with Gasteiger partial charge in [-0.3, -0.25) is 0 Å². The molecule has 4 N–H and O–H groups in total. The first-order valence-electron chi connectivity index (χ1n) is 6.63. The Morgan fingerprint density at radius 1 is 1.52 bits per heavy atom. The molecule has 1 heterocycles. The Morgan fingerprint density at radius 3 is 2.90 bits per heavy atom. The number of benzene rings is 1. The van der Waals surface area contributed by atoms with Crippen molar-refractivity contribution in [3.8, 4) is 0 Å². The van der Waals surface area contributed by atoms with Crippen molar-refractivity contribution in [3.05, 3.63) is 35.1 Å². The lowest BCUT2D eigenvalue weighted by atomic mass is 10.1. The average Bonchev–Trinajstić information content (AvgIpc) is 2.79. The van der Waals surface area contributed by atoms with Crippen LogP contribution in [0.25, 0.3) is 0 Å². The number of nitrogens with two attached hydrogens (primary N) is 1. The first-order chi connectivity index (χ1) is 9.95. The van der Waals surface area contributed by atoms with E-state index in [-0.39, 0.29) is 23.7 Å². The van der Waals surface area contributed by atoms with E-state index in [0.717, 1.165) is 0 Å². The van der Waals surface area contributed by atoms with Crippen molar-refractivity contribution in [2.75, 3.05) is 12.3 Å². The van der Waals surface area contributed by atoms with Crippen LogP contribution in [0.2, 0.25) is 0 Å². The van der Waals surface area contributed by atoms with Crippen LogP contribution in [-0.2, 0) is 16.4 Å². The van der Waals surface area contributed by atoms with Crippen LogP contribution in [0, 0.1) is 5.82 Å². The number of sulfone groups is 1. The molecular formula is C13H18FN3O3S. The molecule has 0 aromatic heterocycles. The Bertz CT molecular complexity index is 646. The Hall–Kier alpha value is -1.67. The third-order valence-corrected chi connectivity index (χ3v) is 5.89. The minimum atomic E-state index is -3.01. The van der Waals surface area contributed by atoms with Crippen molar-refractivity contribution in [1.29, 1.82) is 0 Å². The quantitative estimate of drug-likeness (QED) is 0.319. The van der Waals surface area contributed by atoms with Crippen LogP contribution in [0.3, 0.4) is 0 Å². The molecule has 1 fully saturated rings. The van der Waals surface area contributed by atoms with E-state index in [2.05, 4.69) is 10.5 Å². The lowest BCUT2D eigenvalue weighted by Gasteiger charge is -2.12. The largest absolute Gasteiger partial charge is 0.409 e. The van der Waals surface area contributed by atoms with Gasteiger partial charge in [-0.05, 0) is 18.9 Å². The van der Waals surface area contributed by atoms with Gasteiger partial charge in [0.15, 0.2) is 15.7 Å². The van der Waals surface area contributed by atoms with Gasteiger partial charge in [0, 0.05) is 18.7 Å². The molecule has 116 valence electrons. The van der Waals surface area contributed by atoms with E-state index in [1.807, 2.05) is 0 Å². The molecule has 1 aliphatic rings. The molecule has 6 nitrogen and oxygen atoms in total.